The number of nitrogens with one attached hydrogen (secondary N) is 1. The minimum atomic E-state index is -0.538. The molecule has 1 rings (SSSR count). The minimum Gasteiger partial charge on any atom is -0.466 e. The van der Waals surface area contributed by atoms with Crippen LogP contribution in [0, 0.1) is 6.92 Å². The van der Waals surface area contributed by atoms with Crippen LogP contribution in [0.2, 0.25) is 0 Å². The van der Waals surface area contributed by atoms with E-state index in [1.807, 2.05) is 27.7 Å². The molecule has 5 nitrogen and oxygen atoms in total. The first kappa shape index (κ1) is 15.3. The molecule has 0 aliphatic carbocycles. The predicted octanol–water partition coefficient (Wildman–Crippen LogP) is 2.38. The van der Waals surface area contributed by atoms with E-state index in [0.29, 0.717) is 12.1 Å². The number of aromatic nitrogens is 1. The van der Waals surface area contributed by atoms with Gasteiger partial charge in [0.15, 0.2) is 0 Å². The summed E-state index contributed by atoms with van der Waals surface area (Å²) in [5, 5.41) is 0. The van der Waals surface area contributed by atoms with Crippen molar-refractivity contribution in [2.24, 2.45) is 0 Å². The molecule has 0 fully saturated rings. The summed E-state index contributed by atoms with van der Waals surface area (Å²) in [6.07, 6.45) is 2.24. The number of aryl methyl sites for hydroxylation is 1. The van der Waals surface area contributed by atoms with Crippen molar-refractivity contribution >= 4 is 11.9 Å². The Morgan fingerprint density at radius 3 is 2.47 bits per heavy atom. The van der Waals surface area contributed by atoms with Crippen molar-refractivity contribution in [3.05, 3.63) is 23.0 Å². The molecule has 1 aromatic heterocycles. The van der Waals surface area contributed by atoms with Gasteiger partial charge in [-0.15, -0.1) is 0 Å². The molecule has 0 atom stereocenters. The summed E-state index contributed by atoms with van der Waals surface area (Å²) < 4.78 is 10.2. The molecule has 19 heavy (non-hydrogen) atoms. The van der Waals surface area contributed by atoms with Crippen molar-refractivity contribution in [1.82, 2.24) is 4.98 Å². The number of aromatic amines is 1. The van der Waals surface area contributed by atoms with Crippen molar-refractivity contribution in [2.45, 2.75) is 46.6 Å². The highest BCUT2D eigenvalue weighted by Gasteiger charge is 2.22. The lowest BCUT2D eigenvalue weighted by atomic mass is 10.1. The summed E-state index contributed by atoms with van der Waals surface area (Å²) in [7, 11) is 0. The van der Waals surface area contributed by atoms with E-state index < -0.39 is 11.6 Å². The van der Waals surface area contributed by atoms with Crippen LogP contribution in [-0.4, -0.2) is 29.1 Å². The van der Waals surface area contributed by atoms with Crippen LogP contribution in [0.15, 0.2) is 6.20 Å². The summed E-state index contributed by atoms with van der Waals surface area (Å²) in [5.74, 6) is -0.717. The Labute approximate surface area is 113 Å². The zero-order valence-electron chi connectivity index (χ0n) is 12.1. The second-order valence-corrected chi connectivity index (χ2v) is 5.42. The van der Waals surface area contributed by atoms with E-state index in [4.69, 9.17) is 9.47 Å². The van der Waals surface area contributed by atoms with Crippen molar-refractivity contribution in [2.75, 3.05) is 6.61 Å². The Hall–Kier alpha value is -1.78. The zero-order valence-corrected chi connectivity index (χ0v) is 12.1. The highest BCUT2D eigenvalue weighted by molar-refractivity contribution is 5.89. The van der Waals surface area contributed by atoms with Crippen LogP contribution < -0.4 is 0 Å². The van der Waals surface area contributed by atoms with Crippen molar-refractivity contribution < 1.29 is 19.1 Å². The normalized spacial score (nSPS) is 11.2. The number of hydrogen-bond donors (Lipinski definition) is 1. The van der Waals surface area contributed by atoms with Crippen LogP contribution in [0.1, 0.15) is 49.3 Å². The number of carbonyl (C=O) groups excluding carboxylic acids is 2. The molecule has 0 saturated heterocycles. The fourth-order valence-electron chi connectivity index (χ4n) is 1.68. The summed E-state index contributed by atoms with van der Waals surface area (Å²) in [5.41, 5.74) is 1.67. The van der Waals surface area contributed by atoms with Gasteiger partial charge < -0.3 is 14.5 Å². The van der Waals surface area contributed by atoms with Gasteiger partial charge in [-0.05, 0) is 38.8 Å². The maximum absolute atomic E-state index is 12.0. The largest absolute Gasteiger partial charge is 0.466 e. The van der Waals surface area contributed by atoms with Crippen LogP contribution >= 0.6 is 0 Å². The van der Waals surface area contributed by atoms with Gasteiger partial charge >= 0.3 is 11.9 Å². The van der Waals surface area contributed by atoms with Crippen LogP contribution in [-0.2, 0) is 20.7 Å². The maximum Gasteiger partial charge on any atom is 0.355 e. The SMILES string of the molecule is CC(=O)OCCc1c(C)c[nH]c1C(=O)OC(C)(C)C. The standard InChI is InChI=1S/C14H21NO4/c1-9-8-15-12(13(17)19-14(3,4)5)11(9)6-7-18-10(2)16/h8,15H,6-7H2,1-5H3. The average Bonchev–Trinajstić information content (AvgIpc) is 2.57. The number of ether oxygens (including phenoxy) is 2. The molecule has 0 aliphatic rings. The number of carbonyl (C=O) groups is 2. The minimum absolute atomic E-state index is 0.254. The Morgan fingerprint density at radius 1 is 1.32 bits per heavy atom. The molecule has 0 amide bonds. The van der Waals surface area contributed by atoms with Gasteiger partial charge in [-0.2, -0.15) is 0 Å². The number of rotatable bonds is 4. The van der Waals surface area contributed by atoms with Crippen LogP contribution in [0.3, 0.4) is 0 Å². The smallest absolute Gasteiger partial charge is 0.355 e. The Bertz CT molecular complexity index is 468. The summed E-state index contributed by atoms with van der Waals surface area (Å²) >= 11 is 0. The monoisotopic (exact) mass is 267 g/mol. The van der Waals surface area contributed by atoms with E-state index in [1.54, 1.807) is 6.20 Å². The third-order valence-electron chi connectivity index (χ3n) is 2.47. The van der Waals surface area contributed by atoms with Crippen LogP contribution in [0.5, 0.6) is 0 Å². The topological polar surface area (TPSA) is 68.4 Å². The molecule has 1 aromatic rings. The second kappa shape index (κ2) is 5.91. The van der Waals surface area contributed by atoms with Crippen molar-refractivity contribution in [3.63, 3.8) is 0 Å². The molecule has 0 spiro atoms. The van der Waals surface area contributed by atoms with E-state index in [2.05, 4.69) is 4.98 Å². The molecular weight excluding hydrogens is 246 g/mol. The zero-order chi connectivity index (χ0) is 14.6. The summed E-state index contributed by atoms with van der Waals surface area (Å²) in [6.45, 7) is 8.97. The fraction of sp³-hybridized carbons (Fsp3) is 0.571. The molecule has 1 heterocycles. The van der Waals surface area contributed by atoms with Gasteiger partial charge in [0, 0.05) is 19.5 Å². The number of H-pyrrole nitrogens is 1. The number of esters is 2. The van der Waals surface area contributed by atoms with E-state index in [1.165, 1.54) is 6.92 Å². The van der Waals surface area contributed by atoms with E-state index in [0.717, 1.165) is 11.1 Å². The molecule has 0 unspecified atom stereocenters. The maximum atomic E-state index is 12.0. The highest BCUT2D eigenvalue weighted by Crippen LogP contribution is 2.18. The fourth-order valence-corrected chi connectivity index (χ4v) is 1.68. The highest BCUT2D eigenvalue weighted by atomic mass is 16.6. The van der Waals surface area contributed by atoms with Gasteiger partial charge in [-0.3, -0.25) is 4.79 Å². The molecule has 0 aromatic carbocycles. The predicted molar refractivity (Wildman–Crippen MR) is 71.0 cm³/mol. The third-order valence-corrected chi connectivity index (χ3v) is 2.47. The van der Waals surface area contributed by atoms with Gasteiger partial charge in [0.25, 0.3) is 0 Å². The molecular formula is C14H21NO4. The third kappa shape index (κ3) is 4.77. The lowest BCUT2D eigenvalue weighted by Gasteiger charge is -2.19. The average molecular weight is 267 g/mol. The van der Waals surface area contributed by atoms with Gasteiger partial charge in [0.1, 0.15) is 11.3 Å². The summed E-state index contributed by atoms with van der Waals surface area (Å²) in [6, 6.07) is 0. The molecule has 0 saturated carbocycles. The first-order valence-electron chi connectivity index (χ1n) is 6.24. The van der Waals surface area contributed by atoms with Crippen LogP contribution in [0.25, 0.3) is 0 Å². The van der Waals surface area contributed by atoms with Crippen molar-refractivity contribution in [3.8, 4) is 0 Å². The van der Waals surface area contributed by atoms with E-state index >= 15 is 0 Å². The van der Waals surface area contributed by atoms with E-state index in [9.17, 15) is 9.59 Å². The van der Waals surface area contributed by atoms with Gasteiger partial charge in [-0.1, -0.05) is 0 Å². The van der Waals surface area contributed by atoms with Gasteiger partial charge in [-0.25, -0.2) is 4.79 Å². The first-order chi connectivity index (χ1) is 8.70. The van der Waals surface area contributed by atoms with Crippen LogP contribution in [0.4, 0.5) is 0 Å². The lowest BCUT2D eigenvalue weighted by molar-refractivity contribution is -0.140. The van der Waals surface area contributed by atoms with Gasteiger partial charge in [0.05, 0.1) is 6.61 Å². The first-order valence-corrected chi connectivity index (χ1v) is 6.24. The molecule has 0 aliphatic heterocycles. The molecule has 0 bridgehead atoms. The second-order valence-electron chi connectivity index (χ2n) is 5.42. The Balaban J connectivity index is 2.79. The molecule has 106 valence electrons. The van der Waals surface area contributed by atoms with E-state index in [-0.39, 0.29) is 12.6 Å². The Morgan fingerprint density at radius 2 is 1.95 bits per heavy atom. The van der Waals surface area contributed by atoms with Crippen molar-refractivity contribution in [1.29, 1.82) is 0 Å². The quantitative estimate of drug-likeness (QED) is 0.850. The van der Waals surface area contributed by atoms with Gasteiger partial charge in [0.2, 0.25) is 0 Å². The number of hydrogen-bond acceptors (Lipinski definition) is 4. The molecule has 0 radical (unpaired) electrons. The molecule has 1 N–H and O–H groups in total. The Kier molecular flexibility index (Phi) is 4.75. The molecule has 5 heteroatoms. The lowest BCUT2D eigenvalue weighted by Crippen LogP contribution is -2.25. The summed E-state index contributed by atoms with van der Waals surface area (Å²) in [4.78, 5) is 25.7.